The molecular weight excluding hydrogens is 194 g/mol. The maximum atomic E-state index is 3.96. The zero-order valence-corrected chi connectivity index (χ0v) is 11.1. The lowest BCUT2D eigenvalue weighted by Crippen LogP contribution is -2.20. The van der Waals surface area contributed by atoms with E-state index in [0.29, 0.717) is 0 Å². The second-order valence-corrected chi connectivity index (χ2v) is 4.87. The van der Waals surface area contributed by atoms with Gasteiger partial charge in [-0.2, -0.15) is 0 Å². The Labute approximate surface area is 101 Å². The van der Waals surface area contributed by atoms with Gasteiger partial charge < -0.3 is 4.90 Å². The van der Waals surface area contributed by atoms with Crippen LogP contribution < -0.4 is 0 Å². The van der Waals surface area contributed by atoms with Gasteiger partial charge in [-0.1, -0.05) is 38.3 Å². The van der Waals surface area contributed by atoms with Gasteiger partial charge in [-0.25, -0.2) is 0 Å². The summed E-state index contributed by atoms with van der Waals surface area (Å²) in [5.41, 5.74) is 3.14. The molecule has 0 saturated carbocycles. The van der Waals surface area contributed by atoms with Crippen molar-refractivity contribution in [2.75, 3.05) is 6.54 Å². The summed E-state index contributed by atoms with van der Waals surface area (Å²) in [6.45, 7) is 9.68. The number of nitrogens with zero attached hydrogens (tertiary/aromatic N) is 1. The Morgan fingerprint density at radius 2 is 1.94 bits per heavy atom. The van der Waals surface area contributed by atoms with Crippen LogP contribution in [-0.2, 0) is 0 Å². The monoisotopic (exact) mass is 221 g/mol. The Morgan fingerprint density at radius 1 is 1.19 bits per heavy atom. The summed E-state index contributed by atoms with van der Waals surface area (Å²) in [5, 5.41) is 0. The minimum absolute atomic E-state index is 1.16. The molecule has 16 heavy (non-hydrogen) atoms. The number of allylic oxidation sites excluding steroid dienone is 2. The third kappa shape index (κ3) is 4.03. The molecule has 1 rings (SSSR count). The Kier molecular flexibility index (Phi) is 6.29. The third-order valence-corrected chi connectivity index (χ3v) is 3.53. The SMILES string of the molecule is C=CN(CCCCCC)C1=C(C)CCCC1. The summed E-state index contributed by atoms with van der Waals surface area (Å²) in [5.74, 6) is 0. The summed E-state index contributed by atoms with van der Waals surface area (Å²) in [7, 11) is 0. The highest BCUT2D eigenvalue weighted by atomic mass is 15.1. The molecule has 0 bridgehead atoms. The van der Waals surface area contributed by atoms with Crippen LogP contribution in [0.1, 0.15) is 65.2 Å². The van der Waals surface area contributed by atoms with Crippen molar-refractivity contribution in [3.05, 3.63) is 24.0 Å². The van der Waals surface area contributed by atoms with Crippen molar-refractivity contribution < 1.29 is 0 Å². The van der Waals surface area contributed by atoms with Crippen LogP contribution in [0.3, 0.4) is 0 Å². The van der Waals surface area contributed by atoms with Gasteiger partial charge in [0, 0.05) is 12.2 Å². The average molecular weight is 221 g/mol. The van der Waals surface area contributed by atoms with Gasteiger partial charge in [-0.3, -0.25) is 0 Å². The van der Waals surface area contributed by atoms with Crippen molar-refractivity contribution >= 4 is 0 Å². The van der Waals surface area contributed by atoms with Gasteiger partial charge in [0.2, 0.25) is 0 Å². The Bertz CT molecular complexity index is 240. The fraction of sp³-hybridized carbons (Fsp3) is 0.733. The minimum atomic E-state index is 1.16. The van der Waals surface area contributed by atoms with Gasteiger partial charge in [0.25, 0.3) is 0 Å². The van der Waals surface area contributed by atoms with Crippen molar-refractivity contribution in [2.24, 2.45) is 0 Å². The molecule has 92 valence electrons. The molecule has 0 aromatic carbocycles. The number of hydrogen-bond donors (Lipinski definition) is 0. The summed E-state index contributed by atoms with van der Waals surface area (Å²) in [4.78, 5) is 2.39. The van der Waals surface area contributed by atoms with E-state index in [1.165, 1.54) is 51.4 Å². The quantitative estimate of drug-likeness (QED) is 0.555. The molecule has 0 aromatic rings. The lowest BCUT2D eigenvalue weighted by Gasteiger charge is -2.28. The van der Waals surface area contributed by atoms with Gasteiger partial charge in [0.15, 0.2) is 0 Å². The number of hydrogen-bond acceptors (Lipinski definition) is 1. The Morgan fingerprint density at radius 3 is 2.56 bits per heavy atom. The molecule has 1 heteroatoms. The van der Waals surface area contributed by atoms with Crippen molar-refractivity contribution in [1.82, 2.24) is 4.90 Å². The fourth-order valence-electron chi connectivity index (χ4n) is 2.47. The third-order valence-electron chi connectivity index (χ3n) is 3.53. The van der Waals surface area contributed by atoms with Crippen LogP contribution in [0.4, 0.5) is 0 Å². The van der Waals surface area contributed by atoms with Crippen LogP contribution in [0.15, 0.2) is 24.0 Å². The van der Waals surface area contributed by atoms with E-state index >= 15 is 0 Å². The van der Waals surface area contributed by atoms with E-state index in [2.05, 4.69) is 25.3 Å². The lowest BCUT2D eigenvalue weighted by atomic mass is 9.96. The van der Waals surface area contributed by atoms with Gasteiger partial charge in [0.05, 0.1) is 0 Å². The first-order chi connectivity index (χ1) is 7.79. The van der Waals surface area contributed by atoms with Crippen LogP contribution in [0.2, 0.25) is 0 Å². The Hall–Kier alpha value is -0.720. The molecule has 0 aliphatic heterocycles. The zero-order chi connectivity index (χ0) is 11.8. The summed E-state index contributed by atoms with van der Waals surface area (Å²) < 4.78 is 0. The van der Waals surface area contributed by atoms with E-state index in [1.807, 2.05) is 6.20 Å². The van der Waals surface area contributed by atoms with Crippen molar-refractivity contribution in [3.63, 3.8) is 0 Å². The number of unbranched alkanes of at least 4 members (excludes halogenated alkanes) is 3. The maximum absolute atomic E-state index is 3.96. The van der Waals surface area contributed by atoms with Gasteiger partial charge in [-0.05, 0) is 45.2 Å². The molecule has 0 N–H and O–H groups in total. The van der Waals surface area contributed by atoms with Gasteiger partial charge >= 0.3 is 0 Å². The molecule has 0 spiro atoms. The predicted octanol–water partition coefficient (Wildman–Crippen LogP) is 4.86. The molecule has 1 aliphatic rings. The highest BCUT2D eigenvalue weighted by Gasteiger charge is 2.13. The summed E-state index contributed by atoms with van der Waals surface area (Å²) in [6, 6.07) is 0. The molecule has 0 radical (unpaired) electrons. The van der Waals surface area contributed by atoms with Gasteiger partial charge in [-0.15, -0.1) is 0 Å². The molecule has 1 nitrogen and oxygen atoms in total. The van der Waals surface area contributed by atoms with Crippen LogP contribution in [0, 0.1) is 0 Å². The minimum Gasteiger partial charge on any atom is -0.352 e. The maximum Gasteiger partial charge on any atom is 0.0221 e. The fourth-order valence-corrected chi connectivity index (χ4v) is 2.47. The van der Waals surface area contributed by atoms with E-state index in [4.69, 9.17) is 0 Å². The highest BCUT2D eigenvalue weighted by Crippen LogP contribution is 2.27. The van der Waals surface area contributed by atoms with Crippen molar-refractivity contribution in [2.45, 2.75) is 65.2 Å². The van der Waals surface area contributed by atoms with E-state index in [0.717, 1.165) is 6.54 Å². The second kappa shape index (κ2) is 7.54. The molecule has 0 unspecified atom stereocenters. The van der Waals surface area contributed by atoms with E-state index in [1.54, 1.807) is 11.3 Å². The van der Waals surface area contributed by atoms with Crippen LogP contribution in [0.25, 0.3) is 0 Å². The molecule has 1 aliphatic carbocycles. The van der Waals surface area contributed by atoms with E-state index in [-0.39, 0.29) is 0 Å². The molecule has 0 aromatic heterocycles. The highest BCUT2D eigenvalue weighted by molar-refractivity contribution is 5.15. The molecule has 0 fully saturated rings. The first-order valence-corrected chi connectivity index (χ1v) is 6.87. The Balaban J connectivity index is 2.43. The van der Waals surface area contributed by atoms with Crippen molar-refractivity contribution in [3.8, 4) is 0 Å². The smallest absolute Gasteiger partial charge is 0.0221 e. The predicted molar refractivity (Wildman–Crippen MR) is 72.2 cm³/mol. The molecule has 0 amide bonds. The second-order valence-electron chi connectivity index (χ2n) is 4.87. The summed E-state index contributed by atoms with van der Waals surface area (Å²) in [6.07, 6.45) is 12.6. The average Bonchev–Trinajstić information content (AvgIpc) is 2.31. The van der Waals surface area contributed by atoms with Crippen LogP contribution in [0.5, 0.6) is 0 Å². The van der Waals surface area contributed by atoms with Crippen molar-refractivity contribution in [1.29, 1.82) is 0 Å². The first kappa shape index (κ1) is 13.3. The van der Waals surface area contributed by atoms with Crippen LogP contribution >= 0.6 is 0 Å². The molecule has 0 atom stereocenters. The van der Waals surface area contributed by atoms with Crippen LogP contribution in [-0.4, -0.2) is 11.4 Å². The molecule has 0 saturated heterocycles. The van der Waals surface area contributed by atoms with Gasteiger partial charge in [0.1, 0.15) is 0 Å². The zero-order valence-electron chi connectivity index (χ0n) is 11.1. The van der Waals surface area contributed by atoms with E-state index in [9.17, 15) is 0 Å². The molecular formula is C15H27N. The lowest BCUT2D eigenvalue weighted by molar-refractivity contribution is 0.402. The summed E-state index contributed by atoms with van der Waals surface area (Å²) >= 11 is 0. The van der Waals surface area contributed by atoms with E-state index < -0.39 is 0 Å². The number of rotatable bonds is 7. The standard InChI is InChI=1S/C15H27N/c1-4-6-7-10-13-16(5-2)15-12-9-8-11-14(15)3/h5H,2,4,6-13H2,1,3H3. The normalized spacial score (nSPS) is 16.4. The first-order valence-electron chi connectivity index (χ1n) is 6.87. The topological polar surface area (TPSA) is 3.24 Å². The molecule has 0 heterocycles. The largest absolute Gasteiger partial charge is 0.352 e.